The summed E-state index contributed by atoms with van der Waals surface area (Å²) in [5, 5.41) is 2.66. The van der Waals surface area contributed by atoms with Crippen molar-refractivity contribution >= 4 is 11.9 Å². The molecule has 2 aromatic rings. The summed E-state index contributed by atoms with van der Waals surface area (Å²) >= 11 is 0. The van der Waals surface area contributed by atoms with Gasteiger partial charge in [0.1, 0.15) is 6.04 Å². The van der Waals surface area contributed by atoms with Crippen LogP contribution in [0.25, 0.3) is 11.3 Å². The number of cyclic esters (lactones) is 1. The van der Waals surface area contributed by atoms with Gasteiger partial charge in [0.2, 0.25) is 0 Å². The van der Waals surface area contributed by atoms with Crippen LogP contribution in [0.4, 0.5) is 0 Å². The fourth-order valence-corrected chi connectivity index (χ4v) is 2.37. The lowest BCUT2D eigenvalue weighted by Gasteiger charge is -2.09. The minimum atomic E-state index is -0.552. The Balaban J connectivity index is 1.73. The average Bonchev–Trinajstić information content (AvgIpc) is 2.92. The molecule has 1 aromatic carbocycles. The van der Waals surface area contributed by atoms with Crippen LogP contribution >= 0.6 is 0 Å². The molecule has 0 radical (unpaired) electrons. The predicted molar refractivity (Wildman–Crippen MR) is 81.2 cm³/mol. The summed E-state index contributed by atoms with van der Waals surface area (Å²) < 4.78 is 4.82. The van der Waals surface area contributed by atoms with E-state index in [1.165, 1.54) is 6.20 Å². The summed E-state index contributed by atoms with van der Waals surface area (Å²) in [6, 6.07) is 11.0. The first-order valence-electron chi connectivity index (χ1n) is 7.14. The van der Waals surface area contributed by atoms with E-state index in [1.807, 2.05) is 31.2 Å². The summed E-state index contributed by atoms with van der Waals surface area (Å²) in [5.41, 5.74) is 3.39. The SMILES string of the molecule is Cc1cccc(-c2ccc(C(=O)NC3CCOC3=O)cn2)c1. The van der Waals surface area contributed by atoms with Crippen LogP contribution in [0.3, 0.4) is 0 Å². The summed E-state index contributed by atoms with van der Waals surface area (Å²) in [5.74, 6) is -0.690. The van der Waals surface area contributed by atoms with Gasteiger partial charge in [-0.3, -0.25) is 9.78 Å². The third-order valence-corrected chi connectivity index (χ3v) is 3.58. The molecule has 2 heterocycles. The minimum absolute atomic E-state index is 0.313. The van der Waals surface area contributed by atoms with E-state index in [-0.39, 0.29) is 11.9 Å². The molecule has 5 nitrogen and oxygen atoms in total. The fourth-order valence-electron chi connectivity index (χ4n) is 2.37. The van der Waals surface area contributed by atoms with Gasteiger partial charge < -0.3 is 10.1 Å². The van der Waals surface area contributed by atoms with Crippen molar-refractivity contribution in [3.8, 4) is 11.3 Å². The van der Waals surface area contributed by atoms with Crippen LogP contribution in [0.1, 0.15) is 22.3 Å². The number of hydrogen-bond acceptors (Lipinski definition) is 4. The number of nitrogens with zero attached hydrogens (tertiary/aromatic N) is 1. The van der Waals surface area contributed by atoms with E-state index in [0.717, 1.165) is 16.8 Å². The van der Waals surface area contributed by atoms with Crippen LogP contribution in [0.15, 0.2) is 42.6 Å². The van der Waals surface area contributed by atoms with Gasteiger partial charge in [-0.15, -0.1) is 0 Å². The van der Waals surface area contributed by atoms with Crippen LogP contribution in [0, 0.1) is 6.92 Å². The maximum atomic E-state index is 12.1. The topological polar surface area (TPSA) is 68.3 Å². The molecular weight excluding hydrogens is 280 g/mol. The molecular formula is C17H16N2O3. The van der Waals surface area contributed by atoms with E-state index in [4.69, 9.17) is 4.74 Å². The number of benzene rings is 1. The van der Waals surface area contributed by atoms with E-state index in [9.17, 15) is 9.59 Å². The molecule has 1 amide bonds. The lowest BCUT2D eigenvalue weighted by Crippen LogP contribution is -2.37. The average molecular weight is 296 g/mol. The number of aryl methyl sites for hydroxylation is 1. The standard InChI is InChI=1S/C17H16N2O3/c1-11-3-2-4-12(9-11)14-6-5-13(10-18-14)16(20)19-15-7-8-22-17(15)21/h2-6,9-10,15H,7-8H2,1H3,(H,19,20). The Bertz CT molecular complexity index is 710. The van der Waals surface area contributed by atoms with E-state index >= 15 is 0 Å². The Labute approximate surface area is 128 Å². The number of carbonyl (C=O) groups excluding carboxylic acids is 2. The number of rotatable bonds is 3. The Kier molecular flexibility index (Phi) is 3.87. The normalized spacial score (nSPS) is 17.1. The summed E-state index contributed by atoms with van der Waals surface area (Å²) in [4.78, 5) is 27.8. The van der Waals surface area contributed by atoms with E-state index in [1.54, 1.807) is 12.1 Å². The molecule has 1 fully saturated rings. The second-order valence-corrected chi connectivity index (χ2v) is 5.28. The third-order valence-electron chi connectivity index (χ3n) is 3.58. The molecule has 22 heavy (non-hydrogen) atoms. The zero-order valence-electron chi connectivity index (χ0n) is 12.2. The molecule has 1 saturated heterocycles. The largest absolute Gasteiger partial charge is 0.464 e. The van der Waals surface area contributed by atoms with Gasteiger partial charge in [0.15, 0.2) is 0 Å². The number of carbonyl (C=O) groups is 2. The zero-order valence-corrected chi connectivity index (χ0v) is 12.2. The summed E-state index contributed by atoms with van der Waals surface area (Å²) in [6.07, 6.45) is 2.03. The highest BCUT2D eigenvalue weighted by Crippen LogP contribution is 2.18. The molecule has 3 rings (SSSR count). The van der Waals surface area contributed by atoms with Crippen molar-refractivity contribution in [2.45, 2.75) is 19.4 Å². The van der Waals surface area contributed by atoms with Crippen molar-refractivity contribution in [3.05, 3.63) is 53.7 Å². The molecule has 112 valence electrons. The number of aromatic nitrogens is 1. The Hall–Kier alpha value is -2.69. The highest BCUT2D eigenvalue weighted by molar-refractivity contribution is 5.97. The van der Waals surface area contributed by atoms with Crippen molar-refractivity contribution in [2.24, 2.45) is 0 Å². The molecule has 1 atom stereocenters. The van der Waals surface area contributed by atoms with E-state index in [0.29, 0.717) is 18.6 Å². The fraction of sp³-hybridized carbons (Fsp3) is 0.235. The quantitative estimate of drug-likeness (QED) is 0.881. The Morgan fingerprint density at radius 2 is 2.18 bits per heavy atom. The Morgan fingerprint density at radius 1 is 1.32 bits per heavy atom. The smallest absolute Gasteiger partial charge is 0.328 e. The predicted octanol–water partition coefficient (Wildman–Crippen LogP) is 2.10. The van der Waals surface area contributed by atoms with Crippen molar-refractivity contribution in [1.82, 2.24) is 10.3 Å². The molecule has 1 aromatic heterocycles. The highest BCUT2D eigenvalue weighted by atomic mass is 16.5. The Morgan fingerprint density at radius 3 is 2.82 bits per heavy atom. The zero-order chi connectivity index (χ0) is 15.5. The van der Waals surface area contributed by atoms with Crippen LogP contribution in [0.2, 0.25) is 0 Å². The number of ether oxygens (including phenoxy) is 1. The molecule has 0 aliphatic carbocycles. The molecule has 5 heteroatoms. The van der Waals surface area contributed by atoms with E-state index in [2.05, 4.69) is 10.3 Å². The summed E-state index contributed by atoms with van der Waals surface area (Å²) in [6.45, 7) is 2.38. The van der Waals surface area contributed by atoms with Crippen molar-refractivity contribution in [2.75, 3.05) is 6.61 Å². The minimum Gasteiger partial charge on any atom is -0.464 e. The highest BCUT2D eigenvalue weighted by Gasteiger charge is 2.28. The first-order chi connectivity index (χ1) is 10.6. The van der Waals surface area contributed by atoms with Gasteiger partial charge in [0.25, 0.3) is 5.91 Å². The lowest BCUT2D eigenvalue weighted by atomic mass is 10.1. The van der Waals surface area contributed by atoms with Crippen LogP contribution in [-0.4, -0.2) is 29.5 Å². The molecule has 1 unspecified atom stereocenters. The molecule has 0 spiro atoms. The monoisotopic (exact) mass is 296 g/mol. The van der Waals surface area contributed by atoms with Gasteiger partial charge in [-0.05, 0) is 25.1 Å². The van der Waals surface area contributed by atoms with Gasteiger partial charge in [-0.25, -0.2) is 4.79 Å². The maximum Gasteiger partial charge on any atom is 0.328 e. The van der Waals surface area contributed by atoms with Gasteiger partial charge in [0, 0.05) is 18.2 Å². The number of esters is 1. The molecule has 1 N–H and O–H groups in total. The van der Waals surface area contributed by atoms with Crippen molar-refractivity contribution in [3.63, 3.8) is 0 Å². The number of nitrogens with one attached hydrogen (secondary N) is 1. The molecule has 1 aliphatic heterocycles. The lowest BCUT2D eigenvalue weighted by molar-refractivity contribution is -0.139. The first kappa shape index (κ1) is 14.3. The van der Waals surface area contributed by atoms with E-state index < -0.39 is 6.04 Å². The maximum absolute atomic E-state index is 12.1. The van der Waals surface area contributed by atoms with Crippen LogP contribution in [0.5, 0.6) is 0 Å². The second kappa shape index (κ2) is 5.97. The molecule has 0 saturated carbocycles. The van der Waals surface area contributed by atoms with Gasteiger partial charge in [-0.1, -0.05) is 23.8 Å². The van der Waals surface area contributed by atoms with Gasteiger partial charge in [0.05, 0.1) is 17.9 Å². The first-order valence-corrected chi connectivity index (χ1v) is 7.14. The van der Waals surface area contributed by atoms with Crippen molar-refractivity contribution in [1.29, 1.82) is 0 Å². The second-order valence-electron chi connectivity index (χ2n) is 5.28. The number of hydrogen-bond donors (Lipinski definition) is 1. The van der Waals surface area contributed by atoms with Crippen LogP contribution < -0.4 is 5.32 Å². The van der Waals surface area contributed by atoms with Crippen molar-refractivity contribution < 1.29 is 14.3 Å². The van der Waals surface area contributed by atoms with Gasteiger partial charge >= 0.3 is 5.97 Å². The third kappa shape index (κ3) is 2.98. The number of amides is 1. The molecule has 1 aliphatic rings. The number of pyridine rings is 1. The van der Waals surface area contributed by atoms with Crippen LogP contribution in [-0.2, 0) is 9.53 Å². The van der Waals surface area contributed by atoms with Gasteiger partial charge in [-0.2, -0.15) is 0 Å². The molecule has 0 bridgehead atoms. The summed E-state index contributed by atoms with van der Waals surface area (Å²) in [7, 11) is 0.